The number of hydrogen-bond acceptors (Lipinski definition) is 4. The summed E-state index contributed by atoms with van der Waals surface area (Å²) < 4.78 is 5.64. The van der Waals surface area contributed by atoms with Crippen LogP contribution in [0.4, 0.5) is 0 Å². The zero-order chi connectivity index (χ0) is 10.7. The lowest BCUT2D eigenvalue weighted by Gasteiger charge is -2.20. The van der Waals surface area contributed by atoms with Crippen molar-refractivity contribution >= 4 is 0 Å². The lowest BCUT2D eigenvalue weighted by atomic mass is 10.1. The molecular formula is C11H18N2O2. The lowest BCUT2D eigenvalue weighted by Crippen LogP contribution is -2.26. The van der Waals surface area contributed by atoms with Crippen LogP contribution in [0.15, 0.2) is 10.6 Å². The molecule has 0 spiro atoms. The number of oxazole rings is 1. The van der Waals surface area contributed by atoms with Crippen molar-refractivity contribution in [2.75, 3.05) is 13.2 Å². The van der Waals surface area contributed by atoms with Crippen molar-refractivity contribution in [1.82, 2.24) is 10.3 Å². The molecule has 0 amide bonds. The molecule has 1 saturated heterocycles. The molecule has 2 heterocycles. The van der Waals surface area contributed by atoms with E-state index in [9.17, 15) is 0 Å². The third kappa shape index (κ3) is 2.38. The molecule has 0 aromatic carbocycles. The molecule has 1 aromatic heterocycles. The maximum Gasteiger partial charge on any atom is 0.211 e. The van der Waals surface area contributed by atoms with E-state index in [1.54, 1.807) is 6.20 Å². The number of rotatable bonds is 3. The average molecular weight is 210 g/mol. The maximum absolute atomic E-state index is 9.00. The minimum absolute atomic E-state index is 0.0369. The van der Waals surface area contributed by atoms with Crippen molar-refractivity contribution in [3.8, 4) is 0 Å². The summed E-state index contributed by atoms with van der Waals surface area (Å²) in [4.78, 5) is 4.27. The van der Waals surface area contributed by atoms with Gasteiger partial charge in [-0.05, 0) is 19.4 Å². The summed E-state index contributed by atoms with van der Waals surface area (Å²) in [5.41, 5.74) is 0. The zero-order valence-corrected chi connectivity index (χ0v) is 9.07. The molecule has 2 N–H and O–H groups in total. The van der Waals surface area contributed by atoms with Gasteiger partial charge in [0, 0.05) is 5.92 Å². The molecule has 0 bridgehead atoms. The Labute approximate surface area is 89.7 Å². The number of nitrogens with zero attached hydrogens (tertiary/aromatic N) is 1. The summed E-state index contributed by atoms with van der Waals surface area (Å²) in [6.07, 6.45) is 5.28. The molecule has 2 atom stereocenters. The molecule has 1 aliphatic heterocycles. The number of aliphatic hydroxyl groups excluding tert-OH is 1. The Morgan fingerprint density at radius 2 is 2.53 bits per heavy atom. The molecule has 2 rings (SSSR count). The predicted octanol–water partition coefficient (Wildman–Crippen LogP) is 1.58. The average Bonchev–Trinajstić information content (AvgIpc) is 2.78. The van der Waals surface area contributed by atoms with Crippen LogP contribution in [-0.2, 0) is 0 Å². The number of aromatic nitrogens is 1. The molecule has 2 unspecified atom stereocenters. The molecule has 1 aliphatic rings. The van der Waals surface area contributed by atoms with Crippen LogP contribution in [0.2, 0.25) is 0 Å². The van der Waals surface area contributed by atoms with Crippen LogP contribution in [0.5, 0.6) is 0 Å². The van der Waals surface area contributed by atoms with Gasteiger partial charge in [0.15, 0.2) is 0 Å². The van der Waals surface area contributed by atoms with E-state index in [0.29, 0.717) is 0 Å². The van der Waals surface area contributed by atoms with Crippen molar-refractivity contribution in [2.45, 2.75) is 38.1 Å². The smallest absolute Gasteiger partial charge is 0.211 e. The first-order valence-corrected chi connectivity index (χ1v) is 5.61. The van der Waals surface area contributed by atoms with Gasteiger partial charge in [-0.25, -0.2) is 4.98 Å². The minimum atomic E-state index is 0.0369. The van der Waals surface area contributed by atoms with Gasteiger partial charge in [0.05, 0.1) is 18.8 Å². The van der Waals surface area contributed by atoms with E-state index >= 15 is 0 Å². The van der Waals surface area contributed by atoms with E-state index in [0.717, 1.165) is 24.6 Å². The van der Waals surface area contributed by atoms with Gasteiger partial charge in [0.1, 0.15) is 5.76 Å². The topological polar surface area (TPSA) is 58.3 Å². The SMILES string of the molecule is CC(CO)c1cnc(C2CCCCN2)o1. The van der Waals surface area contributed by atoms with Gasteiger partial charge in [-0.2, -0.15) is 0 Å². The second kappa shape index (κ2) is 4.77. The highest BCUT2D eigenvalue weighted by molar-refractivity contribution is 5.03. The van der Waals surface area contributed by atoms with Crippen LogP contribution >= 0.6 is 0 Å². The lowest BCUT2D eigenvalue weighted by molar-refractivity contribution is 0.249. The number of aliphatic hydroxyl groups is 1. The van der Waals surface area contributed by atoms with Crippen molar-refractivity contribution < 1.29 is 9.52 Å². The van der Waals surface area contributed by atoms with E-state index in [1.165, 1.54) is 12.8 Å². The molecule has 1 aromatic rings. The van der Waals surface area contributed by atoms with Gasteiger partial charge < -0.3 is 14.8 Å². The van der Waals surface area contributed by atoms with Crippen LogP contribution in [0.25, 0.3) is 0 Å². The third-order valence-corrected chi connectivity index (χ3v) is 2.91. The highest BCUT2D eigenvalue weighted by Crippen LogP contribution is 2.24. The van der Waals surface area contributed by atoms with E-state index in [-0.39, 0.29) is 18.6 Å². The summed E-state index contributed by atoms with van der Waals surface area (Å²) in [6.45, 7) is 3.07. The summed E-state index contributed by atoms with van der Waals surface area (Å²) in [5.74, 6) is 1.58. The Morgan fingerprint density at radius 1 is 1.67 bits per heavy atom. The minimum Gasteiger partial charge on any atom is -0.444 e. The highest BCUT2D eigenvalue weighted by Gasteiger charge is 2.20. The van der Waals surface area contributed by atoms with Gasteiger partial charge in [-0.15, -0.1) is 0 Å². The van der Waals surface area contributed by atoms with Crippen molar-refractivity contribution in [3.05, 3.63) is 17.8 Å². The third-order valence-electron chi connectivity index (χ3n) is 2.91. The standard InChI is InChI=1S/C11H18N2O2/c1-8(7-14)10-6-13-11(15-10)9-4-2-3-5-12-9/h6,8-9,12,14H,2-5,7H2,1H3. The fourth-order valence-electron chi connectivity index (χ4n) is 1.84. The second-order valence-corrected chi connectivity index (χ2v) is 4.19. The Hall–Kier alpha value is -0.870. The molecule has 0 saturated carbocycles. The van der Waals surface area contributed by atoms with Crippen molar-refractivity contribution in [2.24, 2.45) is 0 Å². The number of hydrogen-bond donors (Lipinski definition) is 2. The largest absolute Gasteiger partial charge is 0.444 e. The first-order chi connectivity index (χ1) is 7.31. The van der Waals surface area contributed by atoms with E-state index in [1.807, 2.05) is 6.92 Å². The maximum atomic E-state index is 9.00. The number of piperidine rings is 1. The molecule has 84 valence electrons. The van der Waals surface area contributed by atoms with Crippen LogP contribution in [-0.4, -0.2) is 23.2 Å². The van der Waals surface area contributed by atoms with Crippen molar-refractivity contribution in [1.29, 1.82) is 0 Å². The second-order valence-electron chi connectivity index (χ2n) is 4.19. The normalized spacial score (nSPS) is 24.0. The molecule has 15 heavy (non-hydrogen) atoms. The Bertz CT molecular complexity index is 305. The van der Waals surface area contributed by atoms with Gasteiger partial charge in [0.2, 0.25) is 5.89 Å². The van der Waals surface area contributed by atoms with E-state index < -0.39 is 0 Å². The fourth-order valence-corrected chi connectivity index (χ4v) is 1.84. The molecule has 0 radical (unpaired) electrons. The first kappa shape index (κ1) is 10.6. The Morgan fingerprint density at radius 3 is 3.20 bits per heavy atom. The summed E-state index contributed by atoms with van der Waals surface area (Å²) >= 11 is 0. The van der Waals surface area contributed by atoms with Crippen LogP contribution in [0.3, 0.4) is 0 Å². The summed E-state index contributed by atoms with van der Waals surface area (Å²) in [7, 11) is 0. The van der Waals surface area contributed by atoms with Gasteiger partial charge in [0.25, 0.3) is 0 Å². The monoisotopic (exact) mass is 210 g/mol. The Balaban J connectivity index is 2.05. The van der Waals surface area contributed by atoms with Crippen LogP contribution < -0.4 is 5.32 Å². The Kier molecular flexibility index (Phi) is 3.38. The van der Waals surface area contributed by atoms with E-state index in [2.05, 4.69) is 10.3 Å². The molecule has 1 fully saturated rings. The van der Waals surface area contributed by atoms with E-state index in [4.69, 9.17) is 9.52 Å². The summed E-state index contributed by atoms with van der Waals surface area (Å²) in [5, 5.41) is 12.4. The first-order valence-electron chi connectivity index (χ1n) is 5.61. The molecule has 0 aliphatic carbocycles. The quantitative estimate of drug-likeness (QED) is 0.795. The number of nitrogens with one attached hydrogen (secondary N) is 1. The van der Waals surface area contributed by atoms with Gasteiger partial charge >= 0.3 is 0 Å². The molecule has 4 nitrogen and oxygen atoms in total. The van der Waals surface area contributed by atoms with Crippen molar-refractivity contribution in [3.63, 3.8) is 0 Å². The zero-order valence-electron chi connectivity index (χ0n) is 9.07. The van der Waals surface area contributed by atoms with Gasteiger partial charge in [-0.1, -0.05) is 13.3 Å². The van der Waals surface area contributed by atoms with Crippen LogP contribution in [0.1, 0.15) is 49.8 Å². The van der Waals surface area contributed by atoms with Gasteiger partial charge in [-0.3, -0.25) is 0 Å². The van der Waals surface area contributed by atoms with Crippen LogP contribution in [0, 0.1) is 0 Å². The summed E-state index contributed by atoms with van der Waals surface area (Å²) in [6, 6.07) is 0.262. The highest BCUT2D eigenvalue weighted by atomic mass is 16.4. The molecular weight excluding hydrogens is 192 g/mol. The fraction of sp³-hybridized carbons (Fsp3) is 0.727. The molecule has 4 heteroatoms. The predicted molar refractivity (Wildman–Crippen MR) is 56.6 cm³/mol.